The third-order valence-electron chi connectivity index (χ3n) is 5.31. The van der Waals surface area contributed by atoms with Gasteiger partial charge in [-0.2, -0.15) is 0 Å². The average Bonchev–Trinajstić information content (AvgIpc) is 3.13. The number of hydrogen-bond acceptors (Lipinski definition) is 4. The number of aromatic nitrogens is 3. The van der Waals surface area contributed by atoms with Crippen LogP contribution in [0.4, 0.5) is 5.69 Å². The maximum Gasteiger partial charge on any atom is 0.278 e. The number of nitrogens with one attached hydrogen (secondary N) is 1. The van der Waals surface area contributed by atoms with E-state index in [0.717, 1.165) is 34.5 Å². The Labute approximate surface area is 179 Å². The molecule has 0 unspecified atom stereocenters. The van der Waals surface area contributed by atoms with E-state index in [0.29, 0.717) is 11.0 Å². The number of nitrogens with zero attached hydrogens (tertiary/aromatic N) is 3. The maximum absolute atomic E-state index is 13.1. The van der Waals surface area contributed by atoms with Crippen molar-refractivity contribution in [1.82, 2.24) is 14.1 Å². The first-order chi connectivity index (χ1) is 15.0. The maximum atomic E-state index is 13.1. The van der Waals surface area contributed by atoms with Crippen molar-refractivity contribution in [2.45, 2.75) is 19.9 Å². The second-order valence-electron chi connectivity index (χ2n) is 7.32. The number of anilines is 1. The third kappa shape index (κ3) is 3.94. The van der Waals surface area contributed by atoms with Crippen LogP contribution in [0.2, 0.25) is 0 Å². The molecule has 4 rings (SSSR count). The highest BCUT2D eigenvalue weighted by molar-refractivity contribution is 5.93. The first-order valence-electron chi connectivity index (χ1n) is 10.1. The zero-order valence-electron chi connectivity index (χ0n) is 17.8. The number of fused-ring (bicyclic) bond motifs is 1. The van der Waals surface area contributed by atoms with Crippen LogP contribution in [0.15, 0.2) is 65.8 Å². The van der Waals surface area contributed by atoms with Gasteiger partial charge in [-0.25, -0.2) is 4.98 Å². The fourth-order valence-corrected chi connectivity index (χ4v) is 3.72. The molecule has 0 bridgehead atoms. The lowest BCUT2D eigenvalue weighted by Crippen LogP contribution is -2.28. The van der Waals surface area contributed by atoms with Crippen molar-refractivity contribution < 1.29 is 9.53 Å². The molecule has 2 heterocycles. The summed E-state index contributed by atoms with van der Waals surface area (Å²) in [4.78, 5) is 30.2. The van der Waals surface area contributed by atoms with E-state index in [1.54, 1.807) is 18.7 Å². The van der Waals surface area contributed by atoms with Crippen LogP contribution in [0.25, 0.3) is 22.2 Å². The molecule has 0 spiro atoms. The van der Waals surface area contributed by atoms with Gasteiger partial charge in [0.25, 0.3) is 5.56 Å². The summed E-state index contributed by atoms with van der Waals surface area (Å²) in [7, 11) is 3.42. The Hall–Kier alpha value is -3.87. The molecule has 0 radical (unpaired) electrons. The monoisotopic (exact) mass is 416 g/mol. The number of ether oxygens (including phenoxy) is 1. The number of methoxy groups -OCH3 is 1. The van der Waals surface area contributed by atoms with Gasteiger partial charge in [0, 0.05) is 24.5 Å². The van der Waals surface area contributed by atoms with Crippen LogP contribution in [-0.4, -0.2) is 27.1 Å². The van der Waals surface area contributed by atoms with Crippen molar-refractivity contribution in [3.05, 3.63) is 77.0 Å². The minimum absolute atomic E-state index is 0.112. The predicted molar refractivity (Wildman–Crippen MR) is 121 cm³/mol. The van der Waals surface area contributed by atoms with Gasteiger partial charge < -0.3 is 14.6 Å². The second kappa shape index (κ2) is 8.47. The van der Waals surface area contributed by atoms with Crippen molar-refractivity contribution in [1.29, 1.82) is 0 Å². The number of hydrogen-bond donors (Lipinski definition) is 1. The number of carbonyl (C=O) groups excluding carboxylic acids is 1. The summed E-state index contributed by atoms with van der Waals surface area (Å²) < 4.78 is 8.39. The Morgan fingerprint density at radius 3 is 2.74 bits per heavy atom. The minimum Gasteiger partial charge on any atom is -0.497 e. The Bertz CT molecular complexity index is 1320. The Kier molecular flexibility index (Phi) is 5.58. The Morgan fingerprint density at radius 1 is 1.16 bits per heavy atom. The standard InChI is InChI=1S/C24H24N4O3/c1-4-16-8-5-6-11-20(16)26-21(29)14-28-15-25-22-19(13-27(2)23(22)24(28)30)17-9-7-10-18(12-17)31-3/h5-13,15H,4,14H2,1-3H3,(H,26,29). The molecule has 0 fully saturated rings. The van der Waals surface area contributed by atoms with E-state index in [1.807, 2.05) is 61.7 Å². The van der Waals surface area contributed by atoms with Gasteiger partial charge in [0.2, 0.25) is 5.91 Å². The van der Waals surface area contributed by atoms with E-state index < -0.39 is 0 Å². The van der Waals surface area contributed by atoms with Gasteiger partial charge in [0.1, 0.15) is 23.3 Å². The quantitative estimate of drug-likeness (QED) is 0.521. The summed E-state index contributed by atoms with van der Waals surface area (Å²) >= 11 is 0. The zero-order valence-corrected chi connectivity index (χ0v) is 17.8. The van der Waals surface area contributed by atoms with Crippen LogP contribution in [0.3, 0.4) is 0 Å². The van der Waals surface area contributed by atoms with Crippen LogP contribution in [-0.2, 0) is 24.8 Å². The first kappa shape index (κ1) is 20.4. The molecule has 31 heavy (non-hydrogen) atoms. The molecule has 0 aliphatic heterocycles. The number of para-hydroxylation sites is 1. The molecule has 0 atom stereocenters. The highest BCUT2D eigenvalue weighted by Crippen LogP contribution is 2.29. The lowest BCUT2D eigenvalue weighted by molar-refractivity contribution is -0.116. The van der Waals surface area contributed by atoms with Crippen LogP contribution in [0, 0.1) is 0 Å². The van der Waals surface area contributed by atoms with E-state index in [2.05, 4.69) is 10.3 Å². The van der Waals surface area contributed by atoms with E-state index in [-0.39, 0.29) is 18.0 Å². The van der Waals surface area contributed by atoms with Crippen molar-refractivity contribution >= 4 is 22.6 Å². The van der Waals surface area contributed by atoms with E-state index in [1.165, 1.54) is 10.9 Å². The Balaban J connectivity index is 1.66. The SMILES string of the molecule is CCc1ccccc1NC(=O)Cn1cnc2c(-c3cccc(OC)c3)cn(C)c2c1=O. The predicted octanol–water partition coefficient (Wildman–Crippen LogP) is 3.61. The van der Waals surface area contributed by atoms with E-state index in [4.69, 9.17) is 4.74 Å². The summed E-state index contributed by atoms with van der Waals surface area (Å²) in [5.41, 5.74) is 4.32. The van der Waals surface area contributed by atoms with Crippen molar-refractivity contribution in [3.8, 4) is 16.9 Å². The smallest absolute Gasteiger partial charge is 0.278 e. The largest absolute Gasteiger partial charge is 0.497 e. The van der Waals surface area contributed by atoms with Crippen LogP contribution < -0.4 is 15.6 Å². The molecular weight excluding hydrogens is 392 g/mol. The number of carbonyl (C=O) groups is 1. The molecule has 7 heteroatoms. The Morgan fingerprint density at radius 2 is 1.97 bits per heavy atom. The van der Waals surface area contributed by atoms with Gasteiger partial charge in [-0.1, -0.05) is 37.3 Å². The molecule has 158 valence electrons. The molecule has 0 aliphatic carbocycles. The number of rotatable bonds is 6. The lowest BCUT2D eigenvalue weighted by atomic mass is 10.1. The van der Waals surface area contributed by atoms with Crippen LogP contribution >= 0.6 is 0 Å². The fourth-order valence-electron chi connectivity index (χ4n) is 3.72. The molecule has 0 saturated heterocycles. The molecule has 2 aromatic carbocycles. The first-order valence-corrected chi connectivity index (χ1v) is 10.1. The van der Waals surface area contributed by atoms with Gasteiger partial charge in [0.05, 0.1) is 13.4 Å². The summed E-state index contributed by atoms with van der Waals surface area (Å²) in [6.07, 6.45) is 4.11. The molecule has 7 nitrogen and oxygen atoms in total. The molecule has 0 aliphatic rings. The third-order valence-corrected chi connectivity index (χ3v) is 5.31. The molecule has 4 aromatic rings. The normalized spacial score (nSPS) is 10.9. The fraction of sp³-hybridized carbons (Fsp3) is 0.208. The van der Waals surface area contributed by atoms with E-state index in [9.17, 15) is 9.59 Å². The van der Waals surface area contributed by atoms with Gasteiger partial charge in [-0.3, -0.25) is 14.2 Å². The number of amides is 1. The molecule has 1 N–H and O–H groups in total. The highest BCUT2D eigenvalue weighted by atomic mass is 16.5. The van der Waals surface area contributed by atoms with Crippen LogP contribution in [0.5, 0.6) is 5.75 Å². The second-order valence-corrected chi connectivity index (χ2v) is 7.32. The molecular formula is C24H24N4O3. The topological polar surface area (TPSA) is 78.2 Å². The van der Waals surface area contributed by atoms with Gasteiger partial charge >= 0.3 is 0 Å². The number of benzene rings is 2. The average molecular weight is 416 g/mol. The molecule has 1 amide bonds. The summed E-state index contributed by atoms with van der Waals surface area (Å²) in [6, 6.07) is 15.3. The summed E-state index contributed by atoms with van der Waals surface area (Å²) in [6.45, 7) is 1.92. The van der Waals surface area contributed by atoms with Crippen LogP contribution in [0.1, 0.15) is 12.5 Å². The lowest BCUT2D eigenvalue weighted by Gasteiger charge is -2.11. The summed E-state index contributed by atoms with van der Waals surface area (Å²) in [5, 5.41) is 2.90. The van der Waals surface area contributed by atoms with Crippen molar-refractivity contribution in [3.63, 3.8) is 0 Å². The molecule has 2 aromatic heterocycles. The molecule has 0 saturated carbocycles. The van der Waals surface area contributed by atoms with Gasteiger partial charge in [0.15, 0.2) is 0 Å². The van der Waals surface area contributed by atoms with Crippen molar-refractivity contribution in [2.75, 3.05) is 12.4 Å². The zero-order chi connectivity index (χ0) is 22.0. The van der Waals surface area contributed by atoms with Gasteiger partial charge in [-0.05, 0) is 35.7 Å². The van der Waals surface area contributed by atoms with E-state index >= 15 is 0 Å². The van der Waals surface area contributed by atoms with Gasteiger partial charge in [-0.15, -0.1) is 0 Å². The van der Waals surface area contributed by atoms with Crippen molar-refractivity contribution in [2.24, 2.45) is 7.05 Å². The summed E-state index contributed by atoms with van der Waals surface area (Å²) in [5.74, 6) is 0.457. The minimum atomic E-state index is -0.272. The highest BCUT2D eigenvalue weighted by Gasteiger charge is 2.16. The number of aryl methyl sites for hydroxylation is 2.